The van der Waals surface area contributed by atoms with Crippen molar-refractivity contribution < 1.29 is 5.11 Å². The summed E-state index contributed by atoms with van der Waals surface area (Å²) in [5.41, 5.74) is 1.05. The first kappa shape index (κ1) is 13.1. The molecule has 0 aliphatic rings. The molecule has 0 saturated carbocycles. The van der Waals surface area contributed by atoms with Crippen molar-refractivity contribution in [3.63, 3.8) is 0 Å². The van der Waals surface area contributed by atoms with Crippen molar-refractivity contribution in [2.45, 2.75) is 26.3 Å². The molecular formula is C12H19ClN2O. The number of hydrogen-bond acceptors (Lipinski definition) is 3. The van der Waals surface area contributed by atoms with Crippen LogP contribution in [0.25, 0.3) is 0 Å². The molecule has 0 aliphatic heterocycles. The van der Waals surface area contributed by atoms with Gasteiger partial charge in [0.05, 0.1) is 5.02 Å². The summed E-state index contributed by atoms with van der Waals surface area (Å²) >= 11 is 5.79. The monoisotopic (exact) mass is 242 g/mol. The molecule has 90 valence electrons. The number of anilines is 1. The summed E-state index contributed by atoms with van der Waals surface area (Å²) in [6.07, 6.45) is 0. The Bertz CT molecular complexity index is 347. The van der Waals surface area contributed by atoms with E-state index in [9.17, 15) is 5.11 Å². The minimum Gasteiger partial charge on any atom is -0.506 e. The van der Waals surface area contributed by atoms with Crippen LogP contribution in [0.5, 0.6) is 5.75 Å². The quantitative estimate of drug-likeness (QED) is 0.562. The van der Waals surface area contributed by atoms with Gasteiger partial charge in [-0.05, 0) is 39.0 Å². The average molecular weight is 243 g/mol. The molecule has 1 aromatic rings. The standard InChI is InChI=1S/C12H19ClN2O/c1-12(2,3)15-7-6-14-9-4-5-11(16)10(13)8-9/h4-5,8,14-16H,6-7H2,1-3H3. The van der Waals surface area contributed by atoms with E-state index in [-0.39, 0.29) is 11.3 Å². The van der Waals surface area contributed by atoms with E-state index in [0.717, 1.165) is 18.8 Å². The molecule has 4 heteroatoms. The zero-order valence-electron chi connectivity index (χ0n) is 9.97. The molecular weight excluding hydrogens is 224 g/mol. The Morgan fingerprint density at radius 3 is 2.50 bits per heavy atom. The number of rotatable bonds is 4. The van der Waals surface area contributed by atoms with Crippen molar-refractivity contribution in [3.8, 4) is 5.75 Å². The molecule has 0 aliphatic carbocycles. The average Bonchev–Trinajstić information content (AvgIpc) is 2.17. The van der Waals surface area contributed by atoms with Crippen LogP contribution >= 0.6 is 11.6 Å². The summed E-state index contributed by atoms with van der Waals surface area (Å²) in [5.74, 6) is 0.111. The molecule has 3 N–H and O–H groups in total. The number of phenols is 1. The molecule has 3 nitrogen and oxygen atoms in total. The van der Waals surface area contributed by atoms with E-state index in [2.05, 4.69) is 31.4 Å². The van der Waals surface area contributed by atoms with Crippen LogP contribution < -0.4 is 10.6 Å². The SMILES string of the molecule is CC(C)(C)NCCNc1ccc(O)c(Cl)c1. The third-order valence-corrected chi connectivity index (χ3v) is 2.36. The summed E-state index contributed by atoms with van der Waals surface area (Å²) in [4.78, 5) is 0. The second-order valence-corrected chi connectivity index (χ2v) is 5.18. The fourth-order valence-electron chi connectivity index (χ4n) is 1.26. The third kappa shape index (κ3) is 4.73. The van der Waals surface area contributed by atoms with Crippen molar-refractivity contribution in [2.24, 2.45) is 0 Å². The topological polar surface area (TPSA) is 44.3 Å². The normalized spacial score (nSPS) is 11.5. The lowest BCUT2D eigenvalue weighted by atomic mass is 10.1. The minimum atomic E-state index is 0.111. The number of nitrogens with one attached hydrogen (secondary N) is 2. The first-order chi connectivity index (χ1) is 7.38. The molecule has 16 heavy (non-hydrogen) atoms. The van der Waals surface area contributed by atoms with Crippen LogP contribution in [0.3, 0.4) is 0 Å². The fraction of sp³-hybridized carbons (Fsp3) is 0.500. The van der Waals surface area contributed by atoms with Crippen molar-refractivity contribution in [1.29, 1.82) is 0 Å². The lowest BCUT2D eigenvalue weighted by Crippen LogP contribution is -2.38. The van der Waals surface area contributed by atoms with Gasteiger partial charge in [-0.3, -0.25) is 0 Å². The zero-order chi connectivity index (χ0) is 12.2. The van der Waals surface area contributed by atoms with Crippen LogP contribution in [0, 0.1) is 0 Å². The van der Waals surface area contributed by atoms with E-state index >= 15 is 0 Å². The van der Waals surface area contributed by atoms with Gasteiger partial charge in [0.25, 0.3) is 0 Å². The first-order valence-electron chi connectivity index (χ1n) is 5.36. The van der Waals surface area contributed by atoms with Gasteiger partial charge >= 0.3 is 0 Å². The van der Waals surface area contributed by atoms with Gasteiger partial charge in [0.2, 0.25) is 0 Å². The molecule has 1 aromatic carbocycles. The van der Waals surface area contributed by atoms with E-state index in [1.54, 1.807) is 18.2 Å². The Labute approximate surface area is 102 Å². The summed E-state index contributed by atoms with van der Waals surface area (Å²) in [6, 6.07) is 5.11. The maximum absolute atomic E-state index is 9.25. The van der Waals surface area contributed by atoms with Crippen LogP contribution in [-0.4, -0.2) is 23.7 Å². The van der Waals surface area contributed by atoms with Gasteiger partial charge in [-0.15, -0.1) is 0 Å². The Kier molecular flexibility index (Phi) is 4.44. The maximum atomic E-state index is 9.25. The second-order valence-electron chi connectivity index (χ2n) is 4.77. The highest BCUT2D eigenvalue weighted by atomic mass is 35.5. The third-order valence-electron chi connectivity index (χ3n) is 2.06. The van der Waals surface area contributed by atoms with E-state index in [0.29, 0.717) is 5.02 Å². The van der Waals surface area contributed by atoms with E-state index in [1.807, 2.05) is 0 Å². The Hall–Kier alpha value is -0.930. The van der Waals surface area contributed by atoms with E-state index in [1.165, 1.54) is 0 Å². The molecule has 0 fully saturated rings. The Morgan fingerprint density at radius 1 is 1.25 bits per heavy atom. The van der Waals surface area contributed by atoms with Crippen LogP contribution in [0.4, 0.5) is 5.69 Å². The predicted molar refractivity (Wildman–Crippen MR) is 69.4 cm³/mol. The van der Waals surface area contributed by atoms with Gasteiger partial charge in [0.1, 0.15) is 5.75 Å². The van der Waals surface area contributed by atoms with Crippen LogP contribution in [-0.2, 0) is 0 Å². The molecule has 0 saturated heterocycles. The molecule has 0 amide bonds. The molecule has 0 spiro atoms. The number of aromatic hydroxyl groups is 1. The number of benzene rings is 1. The molecule has 0 atom stereocenters. The number of hydrogen-bond donors (Lipinski definition) is 3. The predicted octanol–water partition coefficient (Wildman–Crippen LogP) is 2.85. The molecule has 1 rings (SSSR count). The van der Waals surface area contributed by atoms with Crippen molar-refractivity contribution in [1.82, 2.24) is 5.32 Å². The molecule has 0 aromatic heterocycles. The molecule has 0 bridgehead atoms. The van der Waals surface area contributed by atoms with E-state index < -0.39 is 0 Å². The van der Waals surface area contributed by atoms with Gasteiger partial charge in [-0.2, -0.15) is 0 Å². The summed E-state index contributed by atoms with van der Waals surface area (Å²) in [5, 5.41) is 16.2. The number of halogens is 1. The van der Waals surface area contributed by atoms with Gasteiger partial charge in [0, 0.05) is 24.3 Å². The first-order valence-corrected chi connectivity index (χ1v) is 5.74. The van der Waals surface area contributed by atoms with Gasteiger partial charge in [0.15, 0.2) is 0 Å². The van der Waals surface area contributed by atoms with Gasteiger partial charge in [-0.1, -0.05) is 11.6 Å². The van der Waals surface area contributed by atoms with Crippen LogP contribution in [0.15, 0.2) is 18.2 Å². The van der Waals surface area contributed by atoms with Crippen LogP contribution in [0.2, 0.25) is 5.02 Å². The molecule has 0 unspecified atom stereocenters. The lowest BCUT2D eigenvalue weighted by Gasteiger charge is -2.20. The molecule has 0 radical (unpaired) electrons. The van der Waals surface area contributed by atoms with E-state index in [4.69, 9.17) is 11.6 Å². The summed E-state index contributed by atoms with van der Waals surface area (Å²) in [6.45, 7) is 8.08. The van der Waals surface area contributed by atoms with Crippen molar-refractivity contribution in [2.75, 3.05) is 18.4 Å². The Balaban J connectivity index is 2.35. The minimum absolute atomic E-state index is 0.111. The highest BCUT2D eigenvalue weighted by Gasteiger charge is 2.07. The number of phenolic OH excluding ortho intramolecular Hbond substituents is 1. The van der Waals surface area contributed by atoms with Gasteiger partial charge in [-0.25, -0.2) is 0 Å². The largest absolute Gasteiger partial charge is 0.506 e. The summed E-state index contributed by atoms with van der Waals surface area (Å²) in [7, 11) is 0. The Morgan fingerprint density at radius 2 is 1.94 bits per heavy atom. The lowest BCUT2D eigenvalue weighted by molar-refractivity contribution is 0.435. The highest BCUT2D eigenvalue weighted by molar-refractivity contribution is 6.32. The van der Waals surface area contributed by atoms with Gasteiger partial charge < -0.3 is 15.7 Å². The second kappa shape index (κ2) is 5.41. The smallest absolute Gasteiger partial charge is 0.134 e. The maximum Gasteiger partial charge on any atom is 0.134 e. The van der Waals surface area contributed by atoms with Crippen molar-refractivity contribution >= 4 is 17.3 Å². The zero-order valence-corrected chi connectivity index (χ0v) is 10.7. The summed E-state index contributed by atoms with van der Waals surface area (Å²) < 4.78 is 0. The fourth-order valence-corrected chi connectivity index (χ4v) is 1.44. The molecule has 0 heterocycles. The van der Waals surface area contributed by atoms with Crippen molar-refractivity contribution in [3.05, 3.63) is 23.2 Å². The van der Waals surface area contributed by atoms with Crippen LogP contribution in [0.1, 0.15) is 20.8 Å². The highest BCUT2D eigenvalue weighted by Crippen LogP contribution is 2.25.